The number of aliphatic hydroxyl groups is 2. The third-order valence-corrected chi connectivity index (χ3v) is 8.42. The second-order valence-electron chi connectivity index (χ2n) is 8.57. The first kappa shape index (κ1) is 26.7. The van der Waals surface area contributed by atoms with Gasteiger partial charge in [-0.25, -0.2) is 21.6 Å². The molecule has 0 aliphatic heterocycles. The van der Waals surface area contributed by atoms with E-state index in [2.05, 4.69) is 5.32 Å². The molecule has 2 aromatic carbocycles. The van der Waals surface area contributed by atoms with Crippen LogP contribution in [0.1, 0.15) is 30.1 Å². The Morgan fingerprint density at radius 1 is 1.20 bits per heavy atom. The van der Waals surface area contributed by atoms with Gasteiger partial charge in [0.2, 0.25) is 0 Å². The maximum absolute atomic E-state index is 13.9. The van der Waals surface area contributed by atoms with Gasteiger partial charge in [-0.05, 0) is 38.0 Å². The molecule has 3 N–H and O–H groups in total. The average molecular weight is 513 g/mol. The molecule has 35 heavy (non-hydrogen) atoms. The van der Waals surface area contributed by atoms with Gasteiger partial charge in [-0.2, -0.15) is 0 Å². The molecule has 190 valence electrons. The summed E-state index contributed by atoms with van der Waals surface area (Å²) in [6, 6.07) is 5.16. The molecule has 7 nitrogen and oxygen atoms in total. The number of hydrogen-bond donors (Lipinski definition) is 3. The molecule has 0 radical (unpaired) electrons. The van der Waals surface area contributed by atoms with Crippen molar-refractivity contribution in [2.45, 2.75) is 36.0 Å². The summed E-state index contributed by atoms with van der Waals surface area (Å²) in [5, 5.41) is 20.9. The number of aliphatic hydroxyl groups excluding tert-OH is 2. The SMILES string of the molecule is C/C=C1\CCC([C@@H](O)CO)[C@@H]1S(=O)(=O)c1cc(C(=O)Nc2cc(F)c(F)c(F)c2)ccc1N(C)C. The normalized spacial score (nSPS) is 20.2. The summed E-state index contributed by atoms with van der Waals surface area (Å²) in [5.41, 5.74) is 0.434. The van der Waals surface area contributed by atoms with Crippen molar-refractivity contribution in [3.8, 4) is 0 Å². The molecule has 3 rings (SSSR count). The minimum atomic E-state index is -4.16. The summed E-state index contributed by atoms with van der Waals surface area (Å²) in [5.74, 6) is -6.25. The van der Waals surface area contributed by atoms with E-state index >= 15 is 0 Å². The molecule has 0 aromatic heterocycles. The van der Waals surface area contributed by atoms with Gasteiger partial charge in [-0.15, -0.1) is 0 Å². The van der Waals surface area contributed by atoms with E-state index in [-0.39, 0.29) is 16.1 Å². The van der Waals surface area contributed by atoms with Gasteiger partial charge in [-0.3, -0.25) is 4.79 Å². The topological polar surface area (TPSA) is 107 Å². The maximum atomic E-state index is 13.9. The van der Waals surface area contributed by atoms with Crippen LogP contribution in [0.2, 0.25) is 0 Å². The van der Waals surface area contributed by atoms with Crippen LogP contribution in [0.25, 0.3) is 0 Å². The highest BCUT2D eigenvalue weighted by Gasteiger charge is 2.45. The highest BCUT2D eigenvalue weighted by atomic mass is 32.2. The summed E-state index contributed by atoms with van der Waals surface area (Å²) in [7, 11) is -0.902. The zero-order valence-corrected chi connectivity index (χ0v) is 20.2. The van der Waals surface area contributed by atoms with Crippen molar-refractivity contribution in [1.82, 2.24) is 0 Å². The van der Waals surface area contributed by atoms with Crippen LogP contribution in [-0.2, 0) is 9.84 Å². The molecule has 0 bridgehead atoms. The Kier molecular flexibility index (Phi) is 7.93. The summed E-state index contributed by atoms with van der Waals surface area (Å²) in [6.07, 6.45) is 1.23. The van der Waals surface area contributed by atoms with Crippen LogP contribution in [-0.4, -0.2) is 56.6 Å². The quantitative estimate of drug-likeness (QED) is 0.388. The minimum Gasteiger partial charge on any atom is -0.394 e. The number of allylic oxidation sites excluding steroid dienone is 1. The Hall–Kier alpha value is -2.89. The third kappa shape index (κ3) is 5.21. The van der Waals surface area contributed by atoms with Crippen molar-refractivity contribution in [2.24, 2.45) is 5.92 Å². The lowest BCUT2D eigenvalue weighted by Crippen LogP contribution is -2.37. The van der Waals surface area contributed by atoms with E-state index in [1.54, 1.807) is 32.0 Å². The van der Waals surface area contributed by atoms with E-state index in [0.717, 1.165) is 6.07 Å². The standard InChI is InChI=1S/C24H27F3N2O5S/c1-4-13-5-7-16(20(31)12-30)23(13)35(33,34)21-9-14(6-8-19(21)29(2)3)24(32)28-15-10-17(25)22(27)18(26)11-15/h4,6,8-11,16,20,23,30-31H,5,7,12H2,1-3H3,(H,28,32)/b13-4+/t16?,20-,23+/m0/s1. The lowest BCUT2D eigenvalue weighted by molar-refractivity contribution is 0.0512. The monoisotopic (exact) mass is 512 g/mol. The van der Waals surface area contributed by atoms with E-state index in [1.165, 1.54) is 12.1 Å². The molecule has 1 aliphatic carbocycles. The number of nitrogens with one attached hydrogen (secondary N) is 1. The molecule has 1 unspecified atom stereocenters. The van der Waals surface area contributed by atoms with Crippen LogP contribution in [0.3, 0.4) is 0 Å². The van der Waals surface area contributed by atoms with Crippen molar-refractivity contribution in [3.63, 3.8) is 0 Å². The predicted octanol–water partition coefficient (Wildman–Crippen LogP) is 3.27. The van der Waals surface area contributed by atoms with Crippen LogP contribution in [0.15, 0.2) is 46.9 Å². The number of rotatable bonds is 7. The van der Waals surface area contributed by atoms with E-state index in [1.807, 2.05) is 0 Å². The van der Waals surface area contributed by atoms with Gasteiger partial charge in [0.05, 0.1) is 28.5 Å². The van der Waals surface area contributed by atoms with Gasteiger partial charge >= 0.3 is 0 Å². The number of carbonyl (C=O) groups is 1. The summed E-state index contributed by atoms with van der Waals surface area (Å²) < 4.78 is 68.1. The molecule has 0 spiro atoms. The molecule has 11 heteroatoms. The highest BCUT2D eigenvalue weighted by Crippen LogP contribution is 2.42. The first-order chi connectivity index (χ1) is 16.4. The lowest BCUT2D eigenvalue weighted by Gasteiger charge is -2.27. The molecular weight excluding hydrogens is 485 g/mol. The zero-order chi connectivity index (χ0) is 26.1. The van der Waals surface area contributed by atoms with Gasteiger partial charge in [-0.1, -0.05) is 11.6 Å². The number of hydrogen-bond acceptors (Lipinski definition) is 6. The Labute approximate surface area is 201 Å². The van der Waals surface area contributed by atoms with Crippen LogP contribution in [0, 0.1) is 23.4 Å². The maximum Gasteiger partial charge on any atom is 0.255 e. The summed E-state index contributed by atoms with van der Waals surface area (Å²) in [4.78, 5) is 14.2. The molecule has 0 heterocycles. The van der Waals surface area contributed by atoms with Gasteiger partial charge in [0.25, 0.3) is 5.91 Å². The molecule has 1 amide bonds. The average Bonchev–Trinajstić information content (AvgIpc) is 3.26. The Morgan fingerprint density at radius 2 is 1.83 bits per heavy atom. The van der Waals surface area contributed by atoms with E-state index < -0.39 is 57.1 Å². The fourth-order valence-corrected chi connectivity index (χ4v) is 6.93. The molecule has 1 saturated carbocycles. The minimum absolute atomic E-state index is 0.112. The zero-order valence-electron chi connectivity index (χ0n) is 19.4. The smallest absolute Gasteiger partial charge is 0.255 e. The second-order valence-corrected chi connectivity index (χ2v) is 10.6. The number of carbonyl (C=O) groups excluding carboxylic acids is 1. The Bertz CT molecular complexity index is 1240. The number of nitrogens with zero attached hydrogens (tertiary/aromatic N) is 1. The first-order valence-electron chi connectivity index (χ1n) is 10.9. The van der Waals surface area contributed by atoms with Gasteiger partial charge in [0.15, 0.2) is 27.3 Å². The molecule has 0 saturated heterocycles. The number of anilines is 2. The lowest BCUT2D eigenvalue weighted by atomic mass is 10.0. The van der Waals surface area contributed by atoms with Crippen molar-refractivity contribution >= 4 is 27.1 Å². The van der Waals surface area contributed by atoms with E-state index in [0.29, 0.717) is 36.2 Å². The molecule has 2 aromatic rings. The number of amides is 1. The van der Waals surface area contributed by atoms with Crippen LogP contribution in [0.4, 0.5) is 24.5 Å². The predicted molar refractivity (Wildman–Crippen MR) is 126 cm³/mol. The van der Waals surface area contributed by atoms with Crippen molar-refractivity contribution in [2.75, 3.05) is 30.9 Å². The number of benzene rings is 2. The summed E-state index contributed by atoms with van der Waals surface area (Å²) >= 11 is 0. The van der Waals surface area contributed by atoms with Crippen molar-refractivity contribution in [3.05, 3.63) is 65.0 Å². The van der Waals surface area contributed by atoms with Gasteiger partial charge in [0.1, 0.15) is 0 Å². The van der Waals surface area contributed by atoms with Gasteiger partial charge in [0, 0.05) is 43.4 Å². The van der Waals surface area contributed by atoms with E-state index in [9.17, 15) is 36.6 Å². The second kappa shape index (κ2) is 10.4. The van der Waals surface area contributed by atoms with Crippen LogP contribution < -0.4 is 10.2 Å². The van der Waals surface area contributed by atoms with Crippen LogP contribution >= 0.6 is 0 Å². The van der Waals surface area contributed by atoms with Crippen molar-refractivity contribution in [1.29, 1.82) is 0 Å². The fraction of sp³-hybridized carbons (Fsp3) is 0.375. The van der Waals surface area contributed by atoms with E-state index in [4.69, 9.17) is 0 Å². The molecular formula is C24H27F3N2O5S. The van der Waals surface area contributed by atoms with Crippen molar-refractivity contribution < 1.29 is 36.6 Å². The Balaban J connectivity index is 2.07. The molecule has 1 fully saturated rings. The Morgan fingerprint density at radius 3 is 2.37 bits per heavy atom. The summed E-state index contributed by atoms with van der Waals surface area (Å²) in [6.45, 7) is 1.10. The highest BCUT2D eigenvalue weighted by molar-refractivity contribution is 7.92. The number of sulfone groups is 1. The largest absolute Gasteiger partial charge is 0.394 e. The van der Waals surface area contributed by atoms with Gasteiger partial charge < -0.3 is 20.4 Å². The third-order valence-electron chi connectivity index (χ3n) is 6.16. The number of halogens is 3. The first-order valence-corrected chi connectivity index (χ1v) is 12.4. The molecule has 3 atom stereocenters. The van der Waals surface area contributed by atoms with Crippen LogP contribution in [0.5, 0.6) is 0 Å². The molecule has 1 aliphatic rings. The fourth-order valence-electron chi connectivity index (χ4n) is 4.39.